The number of imide groups is 1. The average molecular weight is 357 g/mol. The largest absolute Gasteiger partial charge is 0.399 e. The summed E-state index contributed by atoms with van der Waals surface area (Å²) < 4.78 is 5.96. The van der Waals surface area contributed by atoms with E-state index in [1.165, 1.54) is 0 Å². The van der Waals surface area contributed by atoms with E-state index >= 15 is 0 Å². The highest BCUT2D eigenvalue weighted by Gasteiger charge is 2.38. The lowest BCUT2D eigenvalue weighted by Gasteiger charge is -2.33. The summed E-state index contributed by atoms with van der Waals surface area (Å²) in [6, 6.07) is 7.49. The van der Waals surface area contributed by atoms with Crippen LogP contribution in [-0.4, -0.2) is 25.2 Å². The Bertz CT molecular complexity index is 823. The molecule has 0 fully saturated rings. The smallest absolute Gasteiger partial charge is 0.284 e. The summed E-state index contributed by atoms with van der Waals surface area (Å²) in [6.45, 7) is 6.12. The minimum atomic E-state index is -2.21. The van der Waals surface area contributed by atoms with Crippen molar-refractivity contribution in [3.05, 3.63) is 35.4 Å². The number of hydrogen-bond donors (Lipinski definition) is 2. The third kappa shape index (κ3) is 3.12. The van der Waals surface area contributed by atoms with Gasteiger partial charge in [-0.1, -0.05) is 19.8 Å². The van der Waals surface area contributed by atoms with Crippen LogP contribution in [0.1, 0.15) is 40.5 Å². The highest BCUT2D eigenvalue weighted by molar-refractivity contribution is 6.71. The lowest BCUT2D eigenvalue weighted by atomic mass is 9.94. The SMILES string of the molecule is CCCC[Si](C)(C)ON1C(=O)c2cc(N)cc3cc(N)cc(c23)C1=O. The highest BCUT2D eigenvalue weighted by atomic mass is 28.4. The number of carbonyl (C=O) groups excluding carboxylic acids is 2. The van der Waals surface area contributed by atoms with Gasteiger partial charge < -0.3 is 16.0 Å². The van der Waals surface area contributed by atoms with Crippen molar-refractivity contribution in [1.29, 1.82) is 0 Å². The van der Waals surface area contributed by atoms with Crippen LogP contribution in [0.5, 0.6) is 0 Å². The molecule has 0 aliphatic carbocycles. The van der Waals surface area contributed by atoms with Crippen LogP contribution in [0.15, 0.2) is 24.3 Å². The minimum Gasteiger partial charge on any atom is -0.399 e. The molecular weight excluding hydrogens is 334 g/mol. The summed E-state index contributed by atoms with van der Waals surface area (Å²) in [5, 5.41) is 2.19. The number of hydrogen-bond acceptors (Lipinski definition) is 5. The first kappa shape index (κ1) is 17.4. The summed E-state index contributed by atoms with van der Waals surface area (Å²) in [4.78, 5) is 25.8. The van der Waals surface area contributed by atoms with Gasteiger partial charge in [-0.15, -0.1) is 0 Å². The Morgan fingerprint density at radius 1 is 1.00 bits per heavy atom. The summed E-state index contributed by atoms with van der Waals surface area (Å²) in [5.74, 6) is -0.923. The third-order valence-corrected chi connectivity index (χ3v) is 6.63. The van der Waals surface area contributed by atoms with Gasteiger partial charge in [-0.2, -0.15) is 5.06 Å². The lowest BCUT2D eigenvalue weighted by molar-refractivity contribution is -0.0254. The van der Waals surface area contributed by atoms with Gasteiger partial charge in [0.1, 0.15) is 0 Å². The fourth-order valence-electron chi connectivity index (χ4n) is 3.19. The Kier molecular flexibility index (Phi) is 4.30. The fourth-order valence-corrected chi connectivity index (χ4v) is 5.15. The van der Waals surface area contributed by atoms with Gasteiger partial charge in [0, 0.05) is 16.8 Å². The third-order valence-electron chi connectivity index (χ3n) is 4.39. The molecule has 1 aliphatic heterocycles. The lowest BCUT2D eigenvalue weighted by Crippen LogP contribution is -2.48. The zero-order valence-electron chi connectivity index (χ0n) is 14.8. The van der Waals surface area contributed by atoms with Crippen LogP contribution < -0.4 is 11.5 Å². The molecule has 0 atom stereocenters. The standard InChI is InChI=1S/C18H23N3O3Si/c1-4-5-6-25(2,3)24-21-17(22)14-9-12(19)7-11-8-13(20)10-15(16(11)14)18(21)23/h7-10H,4-6,19-20H2,1-3H3. The van der Waals surface area contributed by atoms with Crippen molar-refractivity contribution in [2.75, 3.05) is 11.5 Å². The fraction of sp³-hybridized carbons (Fsp3) is 0.333. The van der Waals surface area contributed by atoms with Crippen LogP contribution >= 0.6 is 0 Å². The summed E-state index contributed by atoms with van der Waals surface area (Å²) in [5.41, 5.74) is 13.5. The Balaban J connectivity index is 2.09. The maximum atomic E-state index is 12.9. The monoisotopic (exact) mass is 357 g/mol. The van der Waals surface area contributed by atoms with Gasteiger partial charge >= 0.3 is 0 Å². The van der Waals surface area contributed by atoms with Crippen LogP contribution in [0, 0.1) is 0 Å². The maximum absolute atomic E-state index is 12.9. The number of nitrogens with two attached hydrogens (primary N) is 2. The summed E-state index contributed by atoms with van der Waals surface area (Å²) in [6.07, 6.45) is 2.04. The number of nitrogens with zero attached hydrogens (tertiary/aromatic N) is 1. The molecule has 2 aromatic carbocycles. The molecule has 0 radical (unpaired) electrons. The molecule has 0 saturated heterocycles. The van der Waals surface area contributed by atoms with E-state index in [9.17, 15) is 9.59 Å². The quantitative estimate of drug-likeness (QED) is 0.484. The van der Waals surface area contributed by atoms with E-state index in [1.807, 2.05) is 13.1 Å². The van der Waals surface area contributed by atoms with Crippen LogP contribution in [0.2, 0.25) is 19.1 Å². The Morgan fingerprint density at radius 3 is 2.00 bits per heavy atom. The molecule has 0 bridgehead atoms. The molecule has 132 valence electrons. The highest BCUT2D eigenvalue weighted by Crippen LogP contribution is 2.35. The van der Waals surface area contributed by atoms with Crippen molar-refractivity contribution < 1.29 is 14.1 Å². The zero-order chi connectivity index (χ0) is 18.4. The number of amides is 2. The Morgan fingerprint density at radius 2 is 1.52 bits per heavy atom. The number of nitrogen functional groups attached to an aromatic ring is 2. The number of hydroxylamine groups is 2. The van der Waals surface area contributed by atoms with E-state index in [0.29, 0.717) is 33.3 Å². The van der Waals surface area contributed by atoms with Crippen LogP contribution in [0.3, 0.4) is 0 Å². The second kappa shape index (κ2) is 6.16. The molecule has 1 heterocycles. The van der Waals surface area contributed by atoms with Gasteiger partial charge in [-0.25, -0.2) is 0 Å². The summed E-state index contributed by atoms with van der Waals surface area (Å²) >= 11 is 0. The molecular formula is C18H23N3O3Si. The minimum absolute atomic E-state index is 0.380. The molecule has 6 nitrogen and oxygen atoms in total. The first-order valence-corrected chi connectivity index (χ1v) is 11.6. The topological polar surface area (TPSA) is 98.7 Å². The van der Waals surface area contributed by atoms with Crippen LogP contribution in [0.4, 0.5) is 11.4 Å². The molecule has 0 spiro atoms. The van der Waals surface area contributed by atoms with Gasteiger partial charge in [-0.05, 0) is 48.8 Å². The Hall–Kier alpha value is -2.38. The predicted octanol–water partition coefficient (Wildman–Crippen LogP) is 3.54. The van der Waals surface area contributed by atoms with E-state index in [-0.39, 0.29) is 0 Å². The number of rotatable bonds is 5. The summed E-state index contributed by atoms with van der Waals surface area (Å²) in [7, 11) is -2.21. The molecule has 0 unspecified atom stereocenters. The molecule has 3 rings (SSSR count). The average Bonchev–Trinajstić information content (AvgIpc) is 2.53. The second-order valence-electron chi connectivity index (χ2n) is 7.09. The molecule has 1 aliphatic rings. The predicted molar refractivity (Wildman–Crippen MR) is 102 cm³/mol. The van der Waals surface area contributed by atoms with E-state index in [4.69, 9.17) is 16.0 Å². The van der Waals surface area contributed by atoms with Crippen molar-refractivity contribution in [2.45, 2.75) is 38.9 Å². The number of carbonyl (C=O) groups is 2. The van der Waals surface area contributed by atoms with E-state index in [2.05, 4.69) is 6.92 Å². The molecule has 0 aromatic heterocycles. The van der Waals surface area contributed by atoms with Gasteiger partial charge in [0.05, 0.1) is 11.1 Å². The molecule has 7 heteroatoms. The number of benzene rings is 2. The van der Waals surface area contributed by atoms with Crippen molar-refractivity contribution in [3.63, 3.8) is 0 Å². The molecule has 25 heavy (non-hydrogen) atoms. The first-order chi connectivity index (χ1) is 11.7. The van der Waals surface area contributed by atoms with Gasteiger partial charge in [-0.3, -0.25) is 9.59 Å². The maximum Gasteiger partial charge on any atom is 0.284 e. The van der Waals surface area contributed by atoms with E-state index in [1.54, 1.807) is 24.3 Å². The molecule has 0 saturated carbocycles. The van der Waals surface area contributed by atoms with Gasteiger partial charge in [0.15, 0.2) is 0 Å². The number of anilines is 2. The van der Waals surface area contributed by atoms with E-state index < -0.39 is 20.1 Å². The van der Waals surface area contributed by atoms with Crippen molar-refractivity contribution in [1.82, 2.24) is 5.06 Å². The van der Waals surface area contributed by atoms with Crippen LogP contribution in [0.25, 0.3) is 10.8 Å². The Labute approximate surface area is 147 Å². The number of unbranched alkanes of at least 4 members (excludes halogenated alkanes) is 1. The molecule has 4 N–H and O–H groups in total. The van der Waals surface area contributed by atoms with Crippen molar-refractivity contribution >= 4 is 42.3 Å². The molecule has 2 aromatic rings. The molecule has 2 amide bonds. The van der Waals surface area contributed by atoms with E-state index in [0.717, 1.165) is 23.9 Å². The first-order valence-electron chi connectivity index (χ1n) is 8.44. The van der Waals surface area contributed by atoms with Crippen molar-refractivity contribution in [3.8, 4) is 0 Å². The van der Waals surface area contributed by atoms with Gasteiger partial charge in [0.2, 0.25) is 8.32 Å². The zero-order valence-corrected chi connectivity index (χ0v) is 15.8. The van der Waals surface area contributed by atoms with Crippen molar-refractivity contribution in [2.24, 2.45) is 0 Å². The normalized spacial score (nSPS) is 14.4. The van der Waals surface area contributed by atoms with Gasteiger partial charge in [0.25, 0.3) is 11.8 Å². The van der Waals surface area contributed by atoms with Crippen LogP contribution in [-0.2, 0) is 4.53 Å². The second-order valence-corrected chi connectivity index (χ2v) is 11.3.